The Hall–Kier alpha value is -2.15. The predicted molar refractivity (Wildman–Crippen MR) is 110 cm³/mol. The average Bonchev–Trinajstić information content (AvgIpc) is 3.50. The van der Waals surface area contributed by atoms with Crippen molar-refractivity contribution in [2.45, 2.75) is 28.9 Å². The molecule has 1 saturated heterocycles. The van der Waals surface area contributed by atoms with Crippen molar-refractivity contribution in [3.63, 3.8) is 0 Å². The Bertz CT molecular complexity index is 1020. The molecule has 1 N–H and O–H groups in total. The summed E-state index contributed by atoms with van der Waals surface area (Å²) in [5.41, 5.74) is 0.307. The molecular weight excluding hydrogens is 430 g/mol. The van der Waals surface area contributed by atoms with Crippen LogP contribution in [0.15, 0.2) is 34.6 Å². The third-order valence-electron chi connectivity index (χ3n) is 4.87. The Morgan fingerprint density at radius 2 is 2.10 bits per heavy atom. The van der Waals surface area contributed by atoms with Gasteiger partial charge in [0.15, 0.2) is 5.16 Å². The number of aromatic nitrogens is 3. The van der Waals surface area contributed by atoms with Crippen LogP contribution in [0.2, 0.25) is 0 Å². The van der Waals surface area contributed by atoms with Gasteiger partial charge in [0.2, 0.25) is 15.9 Å². The summed E-state index contributed by atoms with van der Waals surface area (Å²) in [5, 5.41) is 11.4. The Kier molecular flexibility index (Phi) is 6.27. The van der Waals surface area contributed by atoms with Crippen molar-refractivity contribution in [1.82, 2.24) is 19.1 Å². The van der Waals surface area contributed by atoms with Gasteiger partial charge in [0.05, 0.1) is 36.7 Å². The van der Waals surface area contributed by atoms with E-state index in [0.717, 1.165) is 12.8 Å². The van der Waals surface area contributed by atoms with Gasteiger partial charge >= 0.3 is 0 Å². The Balaban J connectivity index is 1.46. The van der Waals surface area contributed by atoms with E-state index in [0.29, 0.717) is 48.9 Å². The van der Waals surface area contributed by atoms with Crippen LogP contribution in [0.1, 0.15) is 18.9 Å². The number of thioether (sulfide) groups is 1. The number of nitrogens with one attached hydrogen (secondary N) is 1. The average molecular weight is 454 g/mol. The van der Waals surface area contributed by atoms with Crippen LogP contribution in [0.4, 0.5) is 5.69 Å². The fraction of sp³-hybridized carbons (Fsp3) is 0.500. The van der Waals surface area contributed by atoms with Gasteiger partial charge in [0, 0.05) is 19.1 Å². The van der Waals surface area contributed by atoms with Crippen molar-refractivity contribution in [2.24, 2.45) is 0 Å². The number of rotatable bonds is 8. The van der Waals surface area contributed by atoms with Crippen LogP contribution >= 0.6 is 11.8 Å². The summed E-state index contributed by atoms with van der Waals surface area (Å²) in [5.74, 6) is 0.217. The van der Waals surface area contributed by atoms with Crippen molar-refractivity contribution in [1.29, 1.82) is 0 Å². The van der Waals surface area contributed by atoms with Gasteiger partial charge in [0.25, 0.3) is 0 Å². The topological polar surface area (TPSA) is 116 Å². The molecular formula is C18H23N5O5S2. The lowest BCUT2D eigenvalue weighted by atomic mass is 10.3. The number of sulfonamides is 1. The molecule has 1 amide bonds. The lowest BCUT2D eigenvalue weighted by Gasteiger charge is -2.26. The molecule has 0 radical (unpaired) electrons. The highest BCUT2D eigenvalue weighted by atomic mass is 32.2. The molecule has 10 nitrogen and oxygen atoms in total. The normalized spacial score (nSPS) is 17.6. The highest BCUT2D eigenvalue weighted by Crippen LogP contribution is 2.37. The molecule has 0 unspecified atom stereocenters. The molecule has 4 rings (SSSR count). The minimum absolute atomic E-state index is 0.0987. The molecule has 2 fully saturated rings. The molecule has 0 bridgehead atoms. The van der Waals surface area contributed by atoms with E-state index in [4.69, 9.17) is 9.47 Å². The zero-order valence-electron chi connectivity index (χ0n) is 16.5. The number of hydrogen-bond acceptors (Lipinski definition) is 8. The number of carbonyl (C=O) groups is 1. The second kappa shape index (κ2) is 8.92. The summed E-state index contributed by atoms with van der Waals surface area (Å²) >= 11 is 1.29. The zero-order valence-corrected chi connectivity index (χ0v) is 18.1. The molecule has 0 atom stereocenters. The summed E-state index contributed by atoms with van der Waals surface area (Å²) in [6.45, 7) is 1.33. The third-order valence-corrected chi connectivity index (χ3v) is 7.72. The molecule has 2 aliphatic rings. The van der Waals surface area contributed by atoms with Gasteiger partial charge in [-0.05, 0) is 31.0 Å². The number of anilines is 1. The second-order valence-corrected chi connectivity index (χ2v) is 9.85. The number of nitrogens with zero attached hydrogens (tertiary/aromatic N) is 4. The molecule has 30 heavy (non-hydrogen) atoms. The molecule has 2 heterocycles. The van der Waals surface area contributed by atoms with E-state index >= 15 is 0 Å². The van der Waals surface area contributed by atoms with Gasteiger partial charge < -0.3 is 19.4 Å². The highest BCUT2D eigenvalue weighted by molar-refractivity contribution is 7.99. The maximum atomic E-state index is 12.9. The molecule has 12 heteroatoms. The van der Waals surface area contributed by atoms with Crippen LogP contribution in [0.5, 0.6) is 5.75 Å². The standard InChI is InChI=1S/C18H23N5O5S2/c1-27-16-5-4-14(30(25,26)22-6-8-28-9-7-22)10-15(16)20-17(24)11-29-18-21-19-12-23(18)13-2-3-13/h4-5,10,12-13H,2-3,6-9,11H2,1H3,(H,20,24). The number of amides is 1. The molecule has 0 spiro atoms. The number of methoxy groups -OCH3 is 1. The van der Waals surface area contributed by atoms with Gasteiger partial charge in [0.1, 0.15) is 12.1 Å². The number of morpholine rings is 1. The Morgan fingerprint density at radius 1 is 1.33 bits per heavy atom. The minimum Gasteiger partial charge on any atom is -0.495 e. The van der Waals surface area contributed by atoms with Gasteiger partial charge in [-0.25, -0.2) is 8.42 Å². The minimum atomic E-state index is -3.68. The molecule has 2 aromatic rings. The molecule has 1 aromatic carbocycles. The number of benzene rings is 1. The van der Waals surface area contributed by atoms with Gasteiger partial charge in [-0.2, -0.15) is 4.31 Å². The largest absolute Gasteiger partial charge is 0.495 e. The maximum Gasteiger partial charge on any atom is 0.243 e. The highest BCUT2D eigenvalue weighted by Gasteiger charge is 2.28. The van der Waals surface area contributed by atoms with E-state index in [2.05, 4.69) is 15.5 Å². The fourth-order valence-corrected chi connectivity index (χ4v) is 5.35. The van der Waals surface area contributed by atoms with Crippen molar-refractivity contribution in [2.75, 3.05) is 44.5 Å². The third kappa shape index (κ3) is 4.61. The predicted octanol–water partition coefficient (Wildman–Crippen LogP) is 1.37. The van der Waals surface area contributed by atoms with Gasteiger partial charge in [-0.1, -0.05) is 11.8 Å². The van der Waals surface area contributed by atoms with Crippen LogP contribution in [0.3, 0.4) is 0 Å². The summed E-state index contributed by atoms with van der Waals surface area (Å²) in [7, 11) is -2.22. The first kappa shape index (κ1) is 21.1. The lowest BCUT2D eigenvalue weighted by Crippen LogP contribution is -2.40. The van der Waals surface area contributed by atoms with Gasteiger partial charge in [-0.3, -0.25) is 4.79 Å². The molecule has 1 aliphatic carbocycles. The number of carbonyl (C=O) groups excluding carboxylic acids is 1. The van der Waals surface area contributed by atoms with Crippen molar-refractivity contribution < 1.29 is 22.7 Å². The number of ether oxygens (including phenoxy) is 2. The summed E-state index contributed by atoms with van der Waals surface area (Å²) in [4.78, 5) is 12.6. The van der Waals surface area contributed by atoms with E-state index in [9.17, 15) is 13.2 Å². The fourth-order valence-electron chi connectivity index (χ4n) is 3.14. The molecule has 162 valence electrons. The summed E-state index contributed by atoms with van der Waals surface area (Å²) < 4.78 is 39.7. The van der Waals surface area contributed by atoms with Crippen LogP contribution < -0.4 is 10.1 Å². The van der Waals surface area contributed by atoms with E-state index < -0.39 is 10.0 Å². The van der Waals surface area contributed by atoms with Crippen molar-refractivity contribution >= 4 is 33.4 Å². The molecule has 1 aromatic heterocycles. The van der Waals surface area contributed by atoms with Crippen LogP contribution in [0.25, 0.3) is 0 Å². The quantitative estimate of drug-likeness (QED) is 0.596. The second-order valence-electron chi connectivity index (χ2n) is 6.97. The molecule has 1 aliphatic heterocycles. The lowest BCUT2D eigenvalue weighted by molar-refractivity contribution is -0.113. The maximum absolute atomic E-state index is 12.9. The van der Waals surface area contributed by atoms with Crippen LogP contribution in [-0.4, -0.2) is 72.6 Å². The van der Waals surface area contributed by atoms with Crippen molar-refractivity contribution in [3.8, 4) is 5.75 Å². The summed E-state index contributed by atoms with van der Waals surface area (Å²) in [6.07, 6.45) is 3.87. The van der Waals surface area contributed by atoms with Crippen molar-refractivity contribution in [3.05, 3.63) is 24.5 Å². The first-order chi connectivity index (χ1) is 14.5. The van der Waals surface area contributed by atoms with Crippen LogP contribution in [-0.2, 0) is 19.6 Å². The number of hydrogen-bond donors (Lipinski definition) is 1. The van der Waals surface area contributed by atoms with E-state index in [1.807, 2.05) is 4.57 Å². The SMILES string of the molecule is COc1ccc(S(=O)(=O)N2CCOCC2)cc1NC(=O)CSc1nncn1C1CC1. The first-order valence-corrected chi connectivity index (χ1v) is 12.0. The monoisotopic (exact) mass is 453 g/mol. The van der Waals surface area contributed by atoms with E-state index in [1.54, 1.807) is 12.4 Å². The molecule has 1 saturated carbocycles. The van der Waals surface area contributed by atoms with Crippen LogP contribution in [0, 0.1) is 0 Å². The van der Waals surface area contributed by atoms with E-state index in [-0.39, 0.29) is 16.6 Å². The Morgan fingerprint density at radius 3 is 2.80 bits per heavy atom. The van der Waals surface area contributed by atoms with E-state index in [1.165, 1.54) is 35.3 Å². The smallest absolute Gasteiger partial charge is 0.243 e. The first-order valence-electron chi connectivity index (χ1n) is 9.57. The zero-order chi connectivity index (χ0) is 21.1. The van der Waals surface area contributed by atoms with Gasteiger partial charge in [-0.15, -0.1) is 10.2 Å². The Labute approximate surface area is 179 Å². The summed E-state index contributed by atoms with van der Waals surface area (Å²) in [6, 6.07) is 4.87.